The molecule has 1 nitrogen and oxygen atoms in total. The van der Waals surface area contributed by atoms with Crippen molar-refractivity contribution in [2.75, 3.05) is 0 Å². The lowest BCUT2D eigenvalue weighted by atomic mass is 9.95. The predicted octanol–water partition coefficient (Wildman–Crippen LogP) is 2.96. The van der Waals surface area contributed by atoms with Gasteiger partial charge in [0, 0.05) is 0 Å². The lowest BCUT2D eigenvalue weighted by molar-refractivity contribution is -0.105. The minimum atomic E-state index is 0.686. The van der Waals surface area contributed by atoms with Crippen LogP contribution in [0.4, 0.5) is 0 Å². The van der Waals surface area contributed by atoms with Gasteiger partial charge >= 0.3 is 0 Å². The van der Waals surface area contributed by atoms with E-state index in [0.29, 0.717) is 5.92 Å². The van der Waals surface area contributed by atoms with Crippen molar-refractivity contribution in [3.8, 4) is 0 Å². The highest BCUT2D eigenvalue weighted by atomic mass is 16.1. The Hall–Kier alpha value is -0.590. The lowest BCUT2D eigenvalue weighted by Gasteiger charge is -2.10. The summed E-state index contributed by atoms with van der Waals surface area (Å²) in [4.78, 5) is 10.4. The van der Waals surface area contributed by atoms with Gasteiger partial charge in [0.1, 0.15) is 6.29 Å². The molecule has 0 aromatic carbocycles. The Morgan fingerprint density at radius 3 is 2.18 bits per heavy atom. The molecule has 0 aliphatic heterocycles. The molecule has 0 N–H and O–H groups in total. The van der Waals surface area contributed by atoms with E-state index < -0.39 is 0 Å². The highest BCUT2D eigenvalue weighted by molar-refractivity contribution is 5.72. The number of carbonyl (C=O) groups excluding carboxylic acids is 1. The van der Waals surface area contributed by atoms with Crippen molar-refractivity contribution in [2.24, 2.45) is 5.92 Å². The van der Waals surface area contributed by atoms with Crippen LogP contribution in [0.1, 0.15) is 40.0 Å². The molecule has 0 heterocycles. The molecule has 0 spiro atoms. The van der Waals surface area contributed by atoms with E-state index in [1.807, 2.05) is 13.0 Å². The maximum atomic E-state index is 10.4. The second-order valence-electron chi connectivity index (χ2n) is 2.87. The topological polar surface area (TPSA) is 17.1 Å². The maximum Gasteiger partial charge on any atom is 0.145 e. The van der Waals surface area contributed by atoms with Crippen LogP contribution in [0.25, 0.3) is 0 Å². The van der Waals surface area contributed by atoms with Gasteiger partial charge in [-0.3, -0.25) is 4.79 Å². The Kier molecular flexibility index (Phi) is 5.81. The molecule has 0 aliphatic carbocycles. The van der Waals surface area contributed by atoms with Crippen molar-refractivity contribution in [3.63, 3.8) is 0 Å². The average Bonchev–Trinajstić information content (AvgIpc) is 2.07. The van der Waals surface area contributed by atoms with E-state index in [4.69, 9.17) is 0 Å². The fraction of sp³-hybridized carbons (Fsp3) is 0.700. The van der Waals surface area contributed by atoms with Crippen LogP contribution in [-0.2, 0) is 4.79 Å². The van der Waals surface area contributed by atoms with Crippen molar-refractivity contribution in [1.29, 1.82) is 0 Å². The average molecular weight is 154 g/mol. The summed E-state index contributed by atoms with van der Waals surface area (Å²) in [5.41, 5.74) is 0.943. The van der Waals surface area contributed by atoms with E-state index in [1.165, 1.54) is 12.8 Å². The van der Waals surface area contributed by atoms with Gasteiger partial charge in [0.15, 0.2) is 0 Å². The van der Waals surface area contributed by atoms with Crippen LogP contribution in [0.3, 0.4) is 0 Å². The molecular formula is C10H18O. The molecule has 64 valence electrons. The third-order valence-electron chi connectivity index (χ3n) is 2.20. The van der Waals surface area contributed by atoms with E-state index in [9.17, 15) is 4.79 Å². The summed E-state index contributed by atoms with van der Waals surface area (Å²) in [5, 5.41) is 0. The molecule has 0 unspecified atom stereocenters. The van der Waals surface area contributed by atoms with Crippen molar-refractivity contribution >= 4 is 6.29 Å². The number of allylic oxidation sites excluding steroid dienone is 2. The van der Waals surface area contributed by atoms with Gasteiger partial charge < -0.3 is 0 Å². The standard InChI is InChI=1S/C10H18O/c1-4-9(5-2)7-10(6-3)8-11/h6,8-9H,4-5,7H2,1-3H3/b10-6+. The first-order chi connectivity index (χ1) is 5.28. The third-order valence-corrected chi connectivity index (χ3v) is 2.20. The highest BCUT2D eigenvalue weighted by Crippen LogP contribution is 2.16. The van der Waals surface area contributed by atoms with Crippen molar-refractivity contribution in [3.05, 3.63) is 11.6 Å². The van der Waals surface area contributed by atoms with Crippen LogP contribution in [0.5, 0.6) is 0 Å². The molecule has 0 fully saturated rings. The summed E-state index contributed by atoms with van der Waals surface area (Å²) in [6.45, 7) is 6.27. The minimum Gasteiger partial charge on any atom is -0.298 e. The first-order valence-corrected chi connectivity index (χ1v) is 4.38. The molecule has 0 saturated carbocycles. The normalized spacial score (nSPS) is 12.2. The Labute approximate surface area is 69.5 Å². The second-order valence-corrected chi connectivity index (χ2v) is 2.87. The summed E-state index contributed by atoms with van der Waals surface area (Å²) in [5.74, 6) is 0.686. The maximum absolute atomic E-state index is 10.4. The van der Waals surface area contributed by atoms with Crippen LogP contribution < -0.4 is 0 Å². The molecule has 0 aromatic heterocycles. The summed E-state index contributed by atoms with van der Waals surface area (Å²) in [6, 6.07) is 0. The van der Waals surface area contributed by atoms with Crippen LogP contribution in [0.2, 0.25) is 0 Å². The zero-order valence-corrected chi connectivity index (χ0v) is 7.76. The fourth-order valence-corrected chi connectivity index (χ4v) is 1.14. The predicted molar refractivity (Wildman–Crippen MR) is 48.5 cm³/mol. The number of hydrogen-bond donors (Lipinski definition) is 0. The van der Waals surface area contributed by atoms with Crippen molar-refractivity contribution in [2.45, 2.75) is 40.0 Å². The Morgan fingerprint density at radius 2 is 1.91 bits per heavy atom. The van der Waals surface area contributed by atoms with Gasteiger partial charge in [0.2, 0.25) is 0 Å². The quantitative estimate of drug-likeness (QED) is 0.439. The van der Waals surface area contributed by atoms with E-state index in [2.05, 4.69) is 13.8 Å². The SMILES string of the molecule is C/C=C(/C=O)CC(CC)CC. The van der Waals surface area contributed by atoms with Gasteiger partial charge in [-0.15, -0.1) is 0 Å². The smallest absolute Gasteiger partial charge is 0.145 e. The number of aldehydes is 1. The van der Waals surface area contributed by atoms with Gasteiger partial charge in [0.25, 0.3) is 0 Å². The van der Waals surface area contributed by atoms with E-state index in [-0.39, 0.29) is 0 Å². The third kappa shape index (κ3) is 3.97. The molecule has 1 heteroatoms. The number of carbonyl (C=O) groups is 1. The van der Waals surface area contributed by atoms with Gasteiger partial charge in [0.05, 0.1) is 0 Å². The summed E-state index contributed by atoms with van der Waals surface area (Å²) < 4.78 is 0. The zero-order valence-electron chi connectivity index (χ0n) is 7.76. The molecule has 0 saturated heterocycles. The van der Waals surface area contributed by atoms with Crippen LogP contribution in [0, 0.1) is 5.92 Å². The Morgan fingerprint density at radius 1 is 1.36 bits per heavy atom. The summed E-state index contributed by atoms with van der Waals surface area (Å²) in [7, 11) is 0. The van der Waals surface area contributed by atoms with E-state index in [1.54, 1.807) is 0 Å². The first-order valence-electron chi connectivity index (χ1n) is 4.38. The Balaban J connectivity index is 3.88. The molecule has 0 amide bonds. The van der Waals surface area contributed by atoms with Gasteiger partial charge in [-0.2, -0.15) is 0 Å². The van der Waals surface area contributed by atoms with Gasteiger partial charge in [-0.1, -0.05) is 32.8 Å². The molecule has 0 bridgehead atoms. The molecule has 0 aliphatic rings. The van der Waals surface area contributed by atoms with Crippen molar-refractivity contribution < 1.29 is 4.79 Å². The summed E-state index contributed by atoms with van der Waals surface area (Å²) in [6.07, 6.45) is 6.17. The zero-order chi connectivity index (χ0) is 8.69. The van der Waals surface area contributed by atoms with E-state index in [0.717, 1.165) is 18.3 Å². The fourth-order valence-electron chi connectivity index (χ4n) is 1.14. The molecular weight excluding hydrogens is 136 g/mol. The highest BCUT2D eigenvalue weighted by Gasteiger charge is 2.04. The van der Waals surface area contributed by atoms with Crippen molar-refractivity contribution in [1.82, 2.24) is 0 Å². The van der Waals surface area contributed by atoms with E-state index >= 15 is 0 Å². The Bertz CT molecular complexity index is 132. The monoisotopic (exact) mass is 154 g/mol. The molecule has 11 heavy (non-hydrogen) atoms. The molecule has 0 radical (unpaired) electrons. The lowest BCUT2D eigenvalue weighted by Crippen LogP contribution is -1.99. The first kappa shape index (κ1) is 10.4. The summed E-state index contributed by atoms with van der Waals surface area (Å²) >= 11 is 0. The second kappa shape index (κ2) is 6.14. The molecule has 0 atom stereocenters. The van der Waals surface area contributed by atoms with Crippen LogP contribution in [-0.4, -0.2) is 6.29 Å². The van der Waals surface area contributed by atoms with Gasteiger partial charge in [-0.05, 0) is 24.8 Å². The number of rotatable bonds is 5. The van der Waals surface area contributed by atoms with Crippen LogP contribution in [0.15, 0.2) is 11.6 Å². The van der Waals surface area contributed by atoms with Crippen LogP contribution >= 0.6 is 0 Å². The van der Waals surface area contributed by atoms with Gasteiger partial charge in [-0.25, -0.2) is 0 Å². The largest absolute Gasteiger partial charge is 0.298 e. The number of hydrogen-bond acceptors (Lipinski definition) is 1. The molecule has 0 aromatic rings. The minimum absolute atomic E-state index is 0.686. The molecule has 0 rings (SSSR count).